The van der Waals surface area contributed by atoms with Crippen LogP contribution in [0, 0.1) is 23.7 Å². The van der Waals surface area contributed by atoms with Gasteiger partial charge in [-0.2, -0.15) is 0 Å². The van der Waals surface area contributed by atoms with Crippen molar-refractivity contribution in [2.45, 2.75) is 150 Å². The molecule has 4 saturated carbocycles. The maximum atomic E-state index is 10.7. The summed E-state index contributed by atoms with van der Waals surface area (Å²) in [6.45, 7) is 4.85. The van der Waals surface area contributed by atoms with Crippen LogP contribution in [-0.2, 0) is 19.2 Å². The third-order valence-electron chi connectivity index (χ3n) is 11.1. The van der Waals surface area contributed by atoms with Gasteiger partial charge in [0.1, 0.15) is 0 Å². The Morgan fingerprint density at radius 3 is 1.11 bits per heavy atom. The summed E-state index contributed by atoms with van der Waals surface area (Å²) in [5.74, 6) is 2.13. The fraction of sp³-hybridized carbons (Fsp3) is 1.00. The first-order valence-corrected chi connectivity index (χ1v) is 17.5. The van der Waals surface area contributed by atoms with Crippen LogP contribution in [0.1, 0.15) is 110 Å². The van der Waals surface area contributed by atoms with Crippen LogP contribution in [0.2, 0.25) is 4.89 Å². The van der Waals surface area contributed by atoms with E-state index in [1.165, 1.54) is 12.6 Å². The SMILES string of the molecule is CCC(C1CCC(O)C1)(C1CCC(O)C1)P(CC[CH2][Pd])C(CC)(C1CCC(O)C1)C1CCC(O)C1. The summed E-state index contributed by atoms with van der Waals surface area (Å²) in [6, 6.07) is 0. The van der Waals surface area contributed by atoms with E-state index in [0.29, 0.717) is 23.7 Å². The zero-order valence-electron chi connectivity index (χ0n) is 22.2. The molecule has 4 aliphatic rings. The molecule has 0 bridgehead atoms. The summed E-state index contributed by atoms with van der Waals surface area (Å²) in [5, 5.41) is 43.3. The van der Waals surface area contributed by atoms with Crippen LogP contribution in [0.15, 0.2) is 0 Å². The third-order valence-corrected chi connectivity index (χ3v) is 16.5. The Bertz CT molecular complexity index is 585. The van der Waals surface area contributed by atoms with Crippen LogP contribution in [0.4, 0.5) is 0 Å². The van der Waals surface area contributed by atoms with Crippen molar-refractivity contribution in [1.29, 1.82) is 0 Å². The fourth-order valence-electron chi connectivity index (χ4n) is 9.74. The molecule has 4 rings (SSSR count). The van der Waals surface area contributed by atoms with E-state index in [4.69, 9.17) is 0 Å². The molecule has 4 fully saturated rings. The minimum atomic E-state index is -0.451. The molecule has 6 heteroatoms. The zero-order valence-corrected chi connectivity index (χ0v) is 24.6. The normalized spacial score (nSPS) is 42.3. The number of aliphatic hydroxyl groups is 4. The standard InChI is InChI=1S/C29H52O4P.Pd/c1-4-15-34(28(5-2,20-7-11-24(30)16-20)21-8-12-25(31)17-21)29(6-3,22-9-13-26(32)18-22)23-10-14-27(33)19-23;/h20-27,30-33H,1,4-19H2,2-3H3;. The summed E-state index contributed by atoms with van der Waals surface area (Å²) in [7, 11) is -0.451. The van der Waals surface area contributed by atoms with Crippen LogP contribution < -0.4 is 0 Å². The summed E-state index contributed by atoms with van der Waals surface area (Å²) in [6.07, 6.45) is 15.9. The molecule has 35 heavy (non-hydrogen) atoms. The average Bonchev–Trinajstić information content (AvgIpc) is 3.64. The number of rotatable bonds is 11. The van der Waals surface area contributed by atoms with E-state index < -0.39 is 7.92 Å². The van der Waals surface area contributed by atoms with Gasteiger partial charge in [-0.05, 0) is 0 Å². The van der Waals surface area contributed by atoms with Gasteiger partial charge in [0.05, 0.1) is 0 Å². The molecule has 8 atom stereocenters. The third kappa shape index (κ3) is 5.51. The van der Waals surface area contributed by atoms with E-state index in [1.54, 1.807) is 0 Å². The van der Waals surface area contributed by atoms with Gasteiger partial charge in [-0.15, -0.1) is 0 Å². The predicted molar refractivity (Wildman–Crippen MR) is 141 cm³/mol. The second-order valence-electron chi connectivity index (χ2n) is 12.5. The summed E-state index contributed by atoms with van der Waals surface area (Å²) in [4.78, 5) is 1.06. The first-order chi connectivity index (χ1) is 16.8. The van der Waals surface area contributed by atoms with Gasteiger partial charge < -0.3 is 0 Å². The van der Waals surface area contributed by atoms with Crippen molar-refractivity contribution in [2.75, 3.05) is 6.16 Å². The molecule has 4 aliphatic carbocycles. The molecule has 0 saturated heterocycles. The van der Waals surface area contributed by atoms with Crippen LogP contribution in [0.3, 0.4) is 0 Å². The quantitative estimate of drug-likeness (QED) is 0.179. The molecule has 4 N–H and O–H groups in total. The van der Waals surface area contributed by atoms with Crippen molar-refractivity contribution in [3.63, 3.8) is 0 Å². The first kappa shape index (κ1) is 28.9. The molecule has 0 spiro atoms. The topological polar surface area (TPSA) is 80.9 Å². The van der Waals surface area contributed by atoms with Gasteiger partial charge in [0.2, 0.25) is 0 Å². The summed E-state index contributed by atoms with van der Waals surface area (Å²) in [5.41, 5.74) is 0. The molecule has 0 aromatic carbocycles. The van der Waals surface area contributed by atoms with Crippen LogP contribution in [0.5, 0.6) is 0 Å². The zero-order chi connectivity index (χ0) is 25.2. The average molecular weight is 602 g/mol. The minimum absolute atomic E-state index is 0.174. The van der Waals surface area contributed by atoms with Gasteiger partial charge in [0.25, 0.3) is 0 Å². The Hall–Kier alpha value is 0.932. The van der Waals surface area contributed by atoms with Crippen LogP contribution in [0.25, 0.3) is 0 Å². The summed E-state index contributed by atoms with van der Waals surface area (Å²) < 4.78 is 0. The number of hydrogen-bond donors (Lipinski definition) is 4. The predicted octanol–water partition coefficient (Wildman–Crippen LogP) is 5.77. The van der Waals surface area contributed by atoms with Crippen molar-refractivity contribution < 1.29 is 39.6 Å². The van der Waals surface area contributed by atoms with Crippen LogP contribution in [-0.4, -0.2) is 61.3 Å². The fourth-order valence-corrected chi connectivity index (χ4v) is 16.0. The molecule has 8 unspecified atom stereocenters. The molecular formula is C29H52O4PPd. The summed E-state index contributed by atoms with van der Waals surface area (Å²) >= 11 is 3.49. The Kier molecular flexibility index (Phi) is 10.3. The van der Waals surface area contributed by atoms with Gasteiger partial charge in [-0.25, -0.2) is 0 Å². The second kappa shape index (κ2) is 12.4. The van der Waals surface area contributed by atoms with E-state index in [2.05, 4.69) is 33.0 Å². The van der Waals surface area contributed by atoms with Gasteiger partial charge in [-0.3, -0.25) is 0 Å². The van der Waals surface area contributed by atoms with E-state index >= 15 is 0 Å². The second-order valence-corrected chi connectivity index (χ2v) is 16.3. The Morgan fingerprint density at radius 1 is 0.600 bits per heavy atom. The Morgan fingerprint density at radius 2 is 0.914 bits per heavy atom. The molecular weight excluding hydrogens is 550 g/mol. The van der Waals surface area contributed by atoms with E-state index in [1.807, 2.05) is 0 Å². The molecule has 4 nitrogen and oxygen atoms in total. The van der Waals surface area contributed by atoms with Gasteiger partial charge in [0, 0.05) is 0 Å². The van der Waals surface area contributed by atoms with Crippen molar-refractivity contribution in [3.05, 3.63) is 0 Å². The van der Waals surface area contributed by atoms with Crippen molar-refractivity contribution in [2.24, 2.45) is 23.7 Å². The molecule has 0 aliphatic heterocycles. The van der Waals surface area contributed by atoms with E-state index in [-0.39, 0.29) is 34.7 Å². The molecule has 0 aromatic heterocycles. The van der Waals surface area contributed by atoms with Crippen molar-refractivity contribution in [1.82, 2.24) is 0 Å². The molecule has 0 radical (unpaired) electrons. The van der Waals surface area contributed by atoms with E-state index in [9.17, 15) is 20.4 Å². The Labute approximate surface area is 226 Å². The van der Waals surface area contributed by atoms with Gasteiger partial charge in [0.15, 0.2) is 0 Å². The van der Waals surface area contributed by atoms with Gasteiger partial charge >= 0.3 is 227 Å². The van der Waals surface area contributed by atoms with Gasteiger partial charge in [-0.1, -0.05) is 0 Å². The molecule has 0 heterocycles. The van der Waals surface area contributed by atoms with E-state index in [0.717, 1.165) is 94.8 Å². The van der Waals surface area contributed by atoms with Crippen LogP contribution >= 0.6 is 7.92 Å². The Balaban J connectivity index is 1.87. The maximum absolute atomic E-state index is 10.7. The molecule has 207 valence electrons. The number of aliphatic hydroxyl groups excluding tert-OH is 4. The first-order valence-electron chi connectivity index (χ1n) is 14.8. The monoisotopic (exact) mass is 601 g/mol. The van der Waals surface area contributed by atoms with Crippen molar-refractivity contribution >= 4 is 7.92 Å². The molecule has 0 amide bonds. The molecule has 0 aromatic rings. The number of hydrogen-bond acceptors (Lipinski definition) is 4. The van der Waals surface area contributed by atoms with Crippen molar-refractivity contribution in [3.8, 4) is 0 Å².